The maximum Gasteiger partial charge on any atom is 0.323 e. The molecule has 6 heteroatoms. The van der Waals surface area contributed by atoms with E-state index in [-0.39, 0.29) is 6.03 Å². The second kappa shape index (κ2) is 5.78. The van der Waals surface area contributed by atoms with E-state index in [0.717, 1.165) is 35.5 Å². The number of hydrogen-bond donors (Lipinski definition) is 2. The van der Waals surface area contributed by atoms with Gasteiger partial charge in [-0.1, -0.05) is 6.07 Å². The first kappa shape index (κ1) is 14.4. The summed E-state index contributed by atoms with van der Waals surface area (Å²) in [6.45, 7) is 1.22. The molecule has 0 bridgehead atoms. The van der Waals surface area contributed by atoms with E-state index in [9.17, 15) is 4.79 Å². The Morgan fingerprint density at radius 3 is 2.88 bits per heavy atom. The van der Waals surface area contributed by atoms with Crippen LogP contribution in [0.15, 0.2) is 30.3 Å². The van der Waals surface area contributed by atoms with Crippen LogP contribution >= 0.6 is 0 Å². The molecule has 6 nitrogen and oxygen atoms in total. The van der Waals surface area contributed by atoms with Gasteiger partial charge in [-0.15, -0.1) is 0 Å². The largest absolute Gasteiger partial charge is 0.493 e. The van der Waals surface area contributed by atoms with Gasteiger partial charge in [0, 0.05) is 29.7 Å². The highest BCUT2D eigenvalue weighted by Gasteiger charge is 2.27. The molecule has 2 aromatic rings. The van der Waals surface area contributed by atoms with Crippen LogP contribution in [0.2, 0.25) is 0 Å². The van der Waals surface area contributed by atoms with Gasteiger partial charge in [0.2, 0.25) is 0 Å². The number of carbonyl (C=O) groups is 1. The van der Waals surface area contributed by atoms with Crippen LogP contribution in [0.1, 0.15) is 16.7 Å². The molecule has 24 heavy (non-hydrogen) atoms. The molecule has 2 heterocycles. The van der Waals surface area contributed by atoms with Crippen LogP contribution < -0.4 is 20.1 Å². The molecule has 0 saturated heterocycles. The highest BCUT2D eigenvalue weighted by Crippen LogP contribution is 2.44. The van der Waals surface area contributed by atoms with Crippen LogP contribution in [0, 0.1) is 11.3 Å². The van der Waals surface area contributed by atoms with Crippen LogP contribution in [0.5, 0.6) is 11.5 Å². The van der Waals surface area contributed by atoms with Gasteiger partial charge in [0.05, 0.1) is 30.5 Å². The lowest BCUT2D eigenvalue weighted by molar-refractivity contribution is 0.262. The normalized spacial score (nSPS) is 14.0. The van der Waals surface area contributed by atoms with Crippen LogP contribution in [0.25, 0.3) is 0 Å². The number of urea groups is 1. The number of nitrogens with one attached hydrogen (secondary N) is 2. The predicted octanol–water partition coefficient (Wildman–Crippen LogP) is 3.07. The number of nitriles is 1. The number of hydrogen-bond acceptors (Lipinski definition) is 4. The Hall–Kier alpha value is -3.20. The zero-order chi connectivity index (χ0) is 16.5. The SMILES string of the molecule is N#Cc1cccc(NC(=O)Nc2c3c(cc4c2OCC4)OCC3)c1. The van der Waals surface area contributed by atoms with E-state index >= 15 is 0 Å². The number of ether oxygens (including phenoxy) is 2. The molecule has 0 radical (unpaired) electrons. The molecular formula is C18H15N3O3. The van der Waals surface area contributed by atoms with Crippen LogP contribution in [-0.4, -0.2) is 19.2 Å². The summed E-state index contributed by atoms with van der Waals surface area (Å²) in [6.07, 6.45) is 1.55. The van der Waals surface area contributed by atoms with Gasteiger partial charge in [-0.2, -0.15) is 5.26 Å². The smallest absolute Gasteiger partial charge is 0.323 e. The van der Waals surface area contributed by atoms with E-state index in [0.29, 0.717) is 30.2 Å². The first-order chi connectivity index (χ1) is 11.7. The molecule has 0 aromatic heterocycles. The lowest BCUT2D eigenvalue weighted by atomic mass is 10.0. The summed E-state index contributed by atoms with van der Waals surface area (Å²) in [7, 11) is 0. The number of fused-ring (bicyclic) bond motifs is 2. The van der Waals surface area contributed by atoms with Crippen molar-refractivity contribution in [1.82, 2.24) is 0 Å². The van der Waals surface area contributed by atoms with Gasteiger partial charge >= 0.3 is 6.03 Å². The molecule has 0 aliphatic carbocycles. The Morgan fingerprint density at radius 2 is 2.00 bits per heavy atom. The maximum atomic E-state index is 12.4. The Balaban J connectivity index is 1.59. The molecular weight excluding hydrogens is 306 g/mol. The van der Waals surface area contributed by atoms with Crippen LogP contribution in [-0.2, 0) is 12.8 Å². The summed E-state index contributed by atoms with van der Waals surface area (Å²) in [5.41, 5.74) is 3.76. The quantitative estimate of drug-likeness (QED) is 0.890. The van der Waals surface area contributed by atoms with Crippen molar-refractivity contribution in [3.05, 3.63) is 47.0 Å². The minimum Gasteiger partial charge on any atom is -0.493 e. The molecule has 2 N–H and O–H groups in total. The first-order valence-electron chi connectivity index (χ1n) is 7.77. The lowest BCUT2D eigenvalue weighted by Crippen LogP contribution is -2.20. The number of benzene rings is 2. The minimum atomic E-state index is -0.372. The van der Waals surface area contributed by atoms with Crippen LogP contribution in [0.4, 0.5) is 16.2 Å². The van der Waals surface area contributed by atoms with E-state index in [2.05, 4.69) is 16.7 Å². The number of carbonyl (C=O) groups excluding carboxylic acids is 1. The second-order valence-corrected chi connectivity index (χ2v) is 5.69. The standard InChI is InChI=1S/C18H15N3O3/c19-10-11-2-1-3-13(8-11)20-18(22)21-16-14-5-7-23-15(14)9-12-4-6-24-17(12)16/h1-3,8-9H,4-7H2,(H2,20,21,22). The molecule has 2 aromatic carbocycles. The van der Waals surface area contributed by atoms with Gasteiger partial charge in [-0.05, 0) is 24.3 Å². The van der Waals surface area contributed by atoms with Gasteiger partial charge < -0.3 is 20.1 Å². The Labute approximate surface area is 139 Å². The number of anilines is 2. The summed E-state index contributed by atoms with van der Waals surface area (Å²) in [5, 5.41) is 14.6. The molecule has 2 aliphatic heterocycles. The van der Waals surface area contributed by atoms with E-state index in [4.69, 9.17) is 14.7 Å². The second-order valence-electron chi connectivity index (χ2n) is 5.69. The fourth-order valence-corrected chi connectivity index (χ4v) is 3.06. The molecule has 0 atom stereocenters. The Kier molecular flexibility index (Phi) is 3.47. The third-order valence-corrected chi connectivity index (χ3v) is 4.14. The average molecular weight is 321 g/mol. The summed E-state index contributed by atoms with van der Waals surface area (Å²) in [4.78, 5) is 12.4. The minimum absolute atomic E-state index is 0.372. The van der Waals surface area contributed by atoms with E-state index < -0.39 is 0 Å². The number of rotatable bonds is 2. The molecule has 2 aliphatic rings. The van der Waals surface area contributed by atoms with Crippen molar-refractivity contribution in [1.29, 1.82) is 5.26 Å². The summed E-state index contributed by atoms with van der Waals surface area (Å²) in [6, 6.07) is 10.5. The van der Waals surface area contributed by atoms with Crippen molar-refractivity contribution in [3.63, 3.8) is 0 Å². The number of amides is 2. The fourth-order valence-electron chi connectivity index (χ4n) is 3.06. The van der Waals surface area contributed by atoms with E-state index in [1.165, 1.54) is 0 Å². The topological polar surface area (TPSA) is 83.4 Å². The summed E-state index contributed by atoms with van der Waals surface area (Å²) >= 11 is 0. The van der Waals surface area contributed by atoms with Crippen molar-refractivity contribution < 1.29 is 14.3 Å². The number of nitrogens with zero attached hydrogens (tertiary/aromatic N) is 1. The third-order valence-electron chi connectivity index (χ3n) is 4.14. The van der Waals surface area contributed by atoms with Crippen molar-refractivity contribution in [2.75, 3.05) is 23.8 Å². The van der Waals surface area contributed by atoms with Gasteiger partial charge in [-0.3, -0.25) is 0 Å². The summed E-state index contributed by atoms with van der Waals surface area (Å²) in [5.74, 6) is 1.56. The van der Waals surface area contributed by atoms with Crippen molar-refractivity contribution in [2.24, 2.45) is 0 Å². The molecule has 4 rings (SSSR count). The Bertz CT molecular complexity index is 838. The van der Waals surface area contributed by atoms with Crippen molar-refractivity contribution in [2.45, 2.75) is 12.8 Å². The average Bonchev–Trinajstić information content (AvgIpc) is 3.23. The molecule has 0 saturated carbocycles. The molecule has 0 spiro atoms. The lowest BCUT2D eigenvalue weighted by Gasteiger charge is -2.14. The van der Waals surface area contributed by atoms with Gasteiger partial charge in [0.15, 0.2) is 0 Å². The predicted molar refractivity (Wildman–Crippen MR) is 88.6 cm³/mol. The zero-order valence-corrected chi connectivity index (χ0v) is 12.9. The molecule has 2 amide bonds. The molecule has 120 valence electrons. The fraction of sp³-hybridized carbons (Fsp3) is 0.222. The van der Waals surface area contributed by atoms with Crippen LogP contribution in [0.3, 0.4) is 0 Å². The first-order valence-corrected chi connectivity index (χ1v) is 7.77. The highest BCUT2D eigenvalue weighted by molar-refractivity contribution is 6.02. The molecule has 0 fully saturated rings. The van der Waals surface area contributed by atoms with Crippen molar-refractivity contribution in [3.8, 4) is 17.6 Å². The monoisotopic (exact) mass is 321 g/mol. The zero-order valence-electron chi connectivity index (χ0n) is 12.9. The summed E-state index contributed by atoms with van der Waals surface area (Å²) < 4.78 is 11.3. The van der Waals surface area contributed by atoms with Gasteiger partial charge in [0.1, 0.15) is 11.5 Å². The maximum absolute atomic E-state index is 12.4. The van der Waals surface area contributed by atoms with Gasteiger partial charge in [-0.25, -0.2) is 4.79 Å². The van der Waals surface area contributed by atoms with Gasteiger partial charge in [0.25, 0.3) is 0 Å². The Morgan fingerprint density at radius 1 is 1.12 bits per heavy atom. The van der Waals surface area contributed by atoms with E-state index in [1.54, 1.807) is 24.3 Å². The van der Waals surface area contributed by atoms with E-state index in [1.807, 2.05) is 6.07 Å². The molecule has 0 unspecified atom stereocenters. The third kappa shape index (κ3) is 2.50. The highest BCUT2D eigenvalue weighted by atomic mass is 16.5. The van der Waals surface area contributed by atoms with Crippen molar-refractivity contribution >= 4 is 17.4 Å².